The molecule has 0 saturated carbocycles. The zero-order valence-electron chi connectivity index (χ0n) is 14.4. The van der Waals surface area contributed by atoms with Crippen LogP contribution in [0.5, 0.6) is 0 Å². The van der Waals surface area contributed by atoms with Gasteiger partial charge in [-0.2, -0.15) is 0 Å². The minimum absolute atomic E-state index is 0. The Balaban J connectivity index is -0.000000427. The Bertz CT molecular complexity index is 129. The second-order valence-electron chi connectivity index (χ2n) is 5.65. The van der Waals surface area contributed by atoms with Crippen LogP contribution in [-0.4, -0.2) is 30.7 Å². The Hall–Kier alpha value is 0.500. The van der Waals surface area contributed by atoms with Gasteiger partial charge in [0.1, 0.15) is 0 Å². The molecule has 0 radical (unpaired) electrons. The standard InChI is InChI=1S/C16H36N.2ClH.H3N/c1-5-9-13-17(14-10-6-2,15-11-7-3)16-12-8-4;;;/h5-16H2,1-4H3;2*1H;1H3/q+1;;;/p-1. The summed E-state index contributed by atoms with van der Waals surface area (Å²) in [5.74, 6) is 0. The topological polar surface area (TPSA) is 35.0 Å². The first kappa shape index (κ1) is 28.6. The van der Waals surface area contributed by atoms with Gasteiger partial charge >= 0.3 is 0 Å². The summed E-state index contributed by atoms with van der Waals surface area (Å²) in [5.41, 5.74) is 0. The van der Waals surface area contributed by atoms with Gasteiger partial charge in [0.25, 0.3) is 0 Å². The molecule has 0 aromatic heterocycles. The summed E-state index contributed by atoms with van der Waals surface area (Å²) >= 11 is 0. The molecule has 0 rings (SSSR count). The van der Waals surface area contributed by atoms with Crippen molar-refractivity contribution in [2.75, 3.05) is 26.2 Å². The molecule has 0 fully saturated rings. The van der Waals surface area contributed by atoms with E-state index in [1.54, 1.807) is 0 Å². The van der Waals surface area contributed by atoms with E-state index in [0.717, 1.165) is 0 Å². The van der Waals surface area contributed by atoms with Gasteiger partial charge in [0, 0.05) is 0 Å². The number of halogens is 2. The van der Waals surface area contributed by atoms with Crippen molar-refractivity contribution < 1.29 is 16.9 Å². The first-order valence-corrected chi connectivity index (χ1v) is 8.09. The summed E-state index contributed by atoms with van der Waals surface area (Å²) in [6.45, 7) is 15.0. The van der Waals surface area contributed by atoms with Crippen molar-refractivity contribution in [1.29, 1.82) is 0 Å². The average molecular weight is 331 g/mol. The van der Waals surface area contributed by atoms with Crippen LogP contribution in [0.1, 0.15) is 79.1 Å². The zero-order valence-corrected chi connectivity index (χ0v) is 16.0. The number of hydrogen-bond acceptors (Lipinski definition) is 1. The third-order valence-corrected chi connectivity index (χ3v) is 3.94. The normalized spacial score (nSPS) is 10.2. The molecule has 0 bridgehead atoms. The molecule has 0 aromatic rings. The van der Waals surface area contributed by atoms with E-state index in [-0.39, 0.29) is 31.0 Å². The van der Waals surface area contributed by atoms with Crippen LogP contribution in [0.25, 0.3) is 0 Å². The largest absolute Gasteiger partial charge is 1.00 e. The van der Waals surface area contributed by atoms with Crippen LogP contribution in [0, 0.1) is 0 Å². The first-order chi connectivity index (χ1) is 8.24. The molecule has 3 N–H and O–H groups in total. The molecule has 2 nitrogen and oxygen atoms in total. The van der Waals surface area contributed by atoms with E-state index in [0.29, 0.717) is 0 Å². The van der Waals surface area contributed by atoms with E-state index in [9.17, 15) is 0 Å². The highest BCUT2D eigenvalue weighted by molar-refractivity contribution is 5.85. The molecule has 0 spiro atoms. The molecule has 0 aromatic carbocycles. The van der Waals surface area contributed by atoms with Crippen LogP contribution >= 0.6 is 12.4 Å². The lowest BCUT2D eigenvalue weighted by molar-refractivity contribution is -0.929. The molecular weight excluding hydrogens is 291 g/mol. The predicted octanol–water partition coefficient (Wildman–Crippen LogP) is 2.59. The van der Waals surface area contributed by atoms with E-state index < -0.39 is 0 Å². The van der Waals surface area contributed by atoms with Gasteiger partial charge in [-0.25, -0.2) is 0 Å². The van der Waals surface area contributed by atoms with Crippen LogP contribution in [0.2, 0.25) is 0 Å². The Morgan fingerprint density at radius 3 is 0.900 bits per heavy atom. The van der Waals surface area contributed by atoms with Gasteiger partial charge in [-0.15, -0.1) is 12.4 Å². The second kappa shape index (κ2) is 19.5. The van der Waals surface area contributed by atoms with Crippen molar-refractivity contribution in [3.63, 3.8) is 0 Å². The average Bonchev–Trinajstić information content (AvgIpc) is 2.37. The van der Waals surface area contributed by atoms with E-state index in [1.165, 1.54) is 82.0 Å². The molecule has 0 saturated heterocycles. The summed E-state index contributed by atoms with van der Waals surface area (Å²) < 4.78 is 1.42. The highest BCUT2D eigenvalue weighted by Crippen LogP contribution is 2.16. The molecule has 20 heavy (non-hydrogen) atoms. The van der Waals surface area contributed by atoms with Gasteiger partial charge in [0.05, 0.1) is 26.2 Å². The molecular formula is C16H40Cl2N2. The van der Waals surface area contributed by atoms with Gasteiger partial charge < -0.3 is 23.0 Å². The first-order valence-electron chi connectivity index (χ1n) is 8.09. The zero-order chi connectivity index (χ0) is 13.0. The van der Waals surface area contributed by atoms with Gasteiger partial charge in [-0.3, -0.25) is 0 Å². The summed E-state index contributed by atoms with van der Waals surface area (Å²) in [6, 6.07) is 0. The fourth-order valence-electron chi connectivity index (χ4n) is 2.64. The van der Waals surface area contributed by atoms with Gasteiger partial charge in [-0.1, -0.05) is 53.4 Å². The molecule has 0 aliphatic carbocycles. The SMILES string of the molecule is CCCC[N+](CCCC)(CCCC)CCCC.Cl.N.[Cl-]. The smallest absolute Gasteiger partial charge is 0.0786 e. The quantitative estimate of drug-likeness (QED) is 0.548. The Labute approximate surface area is 141 Å². The number of nitrogens with zero attached hydrogens (tertiary/aromatic N) is 1. The van der Waals surface area contributed by atoms with E-state index in [1.807, 2.05) is 0 Å². The second-order valence-corrected chi connectivity index (χ2v) is 5.65. The Kier molecular flexibility index (Phi) is 27.9. The van der Waals surface area contributed by atoms with Gasteiger partial charge in [0.15, 0.2) is 0 Å². The third kappa shape index (κ3) is 13.5. The van der Waals surface area contributed by atoms with Gasteiger partial charge in [0.2, 0.25) is 0 Å². The van der Waals surface area contributed by atoms with E-state index in [4.69, 9.17) is 0 Å². The molecule has 0 aliphatic rings. The fourth-order valence-corrected chi connectivity index (χ4v) is 2.64. The summed E-state index contributed by atoms with van der Waals surface area (Å²) in [7, 11) is 0. The molecule has 0 heterocycles. The van der Waals surface area contributed by atoms with Crippen molar-refractivity contribution in [2.24, 2.45) is 0 Å². The van der Waals surface area contributed by atoms with Crippen molar-refractivity contribution in [3.8, 4) is 0 Å². The summed E-state index contributed by atoms with van der Waals surface area (Å²) in [6.07, 6.45) is 11.1. The number of hydrogen-bond donors (Lipinski definition) is 1. The maximum Gasteiger partial charge on any atom is 0.0786 e. The maximum absolute atomic E-state index is 2.33. The monoisotopic (exact) mass is 330 g/mol. The van der Waals surface area contributed by atoms with Gasteiger partial charge in [-0.05, 0) is 25.7 Å². The number of unbranched alkanes of at least 4 members (excludes halogenated alkanes) is 4. The van der Waals surface area contributed by atoms with Crippen molar-refractivity contribution in [3.05, 3.63) is 0 Å². The lowest BCUT2D eigenvalue weighted by atomic mass is 10.1. The summed E-state index contributed by atoms with van der Waals surface area (Å²) in [4.78, 5) is 0. The van der Waals surface area contributed by atoms with Crippen molar-refractivity contribution >= 4 is 12.4 Å². The van der Waals surface area contributed by atoms with Crippen LogP contribution in [0.3, 0.4) is 0 Å². The Morgan fingerprint density at radius 1 is 0.550 bits per heavy atom. The number of rotatable bonds is 12. The van der Waals surface area contributed by atoms with Crippen molar-refractivity contribution in [2.45, 2.75) is 79.1 Å². The van der Waals surface area contributed by atoms with Crippen LogP contribution in [0.4, 0.5) is 0 Å². The predicted molar refractivity (Wildman–Crippen MR) is 91.6 cm³/mol. The highest BCUT2D eigenvalue weighted by Gasteiger charge is 2.24. The molecule has 0 atom stereocenters. The highest BCUT2D eigenvalue weighted by atomic mass is 35.5. The molecule has 0 unspecified atom stereocenters. The van der Waals surface area contributed by atoms with Crippen LogP contribution in [-0.2, 0) is 0 Å². The fraction of sp³-hybridized carbons (Fsp3) is 1.00. The summed E-state index contributed by atoms with van der Waals surface area (Å²) in [5, 5.41) is 0. The molecule has 0 aliphatic heterocycles. The van der Waals surface area contributed by atoms with E-state index in [2.05, 4.69) is 27.7 Å². The Morgan fingerprint density at radius 2 is 0.750 bits per heavy atom. The lowest BCUT2D eigenvalue weighted by Crippen LogP contribution is -3.00. The number of quaternary nitrogens is 1. The molecule has 128 valence electrons. The third-order valence-electron chi connectivity index (χ3n) is 3.94. The minimum Gasteiger partial charge on any atom is -1.00 e. The van der Waals surface area contributed by atoms with E-state index >= 15 is 0 Å². The maximum atomic E-state index is 2.33. The van der Waals surface area contributed by atoms with Crippen LogP contribution < -0.4 is 18.6 Å². The molecule has 0 amide bonds. The minimum atomic E-state index is 0. The molecule has 4 heteroatoms. The van der Waals surface area contributed by atoms with Crippen molar-refractivity contribution in [1.82, 2.24) is 6.15 Å². The lowest BCUT2D eigenvalue weighted by Gasteiger charge is -2.39. The van der Waals surface area contributed by atoms with Crippen LogP contribution in [0.15, 0.2) is 0 Å².